The van der Waals surface area contributed by atoms with Crippen molar-refractivity contribution in [1.82, 2.24) is 0 Å². The normalized spacial score (nSPS) is 17.5. The molecule has 0 N–H and O–H groups in total. The van der Waals surface area contributed by atoms with Crippen LogP contribution in [0, 0.1) is 0 Å². The Morgan fingerprint density at radius 1 is 1.29 bits per heavy atom. The van der Waals surface area contributed by atoms with Crippen molar-refractivity contribution < 1.29 is 23.7 Å². The maximum atomic E-state index is 10.9. The van der Waals surface area contributed by atoms with Crippen molar-refractivity contribution in [3.8, 4) is 17.2 Å². The Bertz CT molecular complexity index is 441. The number of methoxy groups -OCH3 is 2. The highest BCUT2D eigenvalue weighted by atomic mass is 16.5. The smallest absolute Gasteiger partial charge is 0.203 e. The van der Waals surface area contributed by atoms with E-state index < -0.39 is 0 Å². The van der Waals surface area contributed by atoms with Crippen LogP contribution in [0.4, 0.5) is 0 Å². The summed E-state index contributed by atoms with van der Waals surface area (Å²) in [5.74, 6) is 1.56. The van der Waals surface area contributed by atoms with Gasteiger partial charge in [-0.05, 0) is 37.8 Å². The quantitative estimate of drug-likeness (QED) is 0.545. The zero-order valence-electron chi connectivity index (χ0n) is 12.6. The fraction of sp³-hybridized carbons (Fsp3) is 0.562. The summed E-state index contributed by atoms with van der Waals surface area (Å²) < 4.78 is 21.9. The van der Waals surface area contributed by atoms with E-state index in [9.17, 15) is 4.79 Å². The molecule has 5 heteroatoms. The van der Waals surface area contributed by atoms with E-state index in [0.29, 0.717) is 35.5 Å². The number of aldehydes is 1. The number of ether oxygens (including phenoxy) is 4. The lowest BCUT2D eigenvalue weighted by Crippen LogP contribution is -2.08. The summed E-state index contributed by atoms with van der Waals surface area (Å²) in [7, 11) is 3.09. The lowest BCUT2D eigenvalue weighted by atomic mass is 10.1. The molecule has 116 valence electrons. The molecule has 1 fully saturated rings. The van der Waals surface area contributed by atoms with Crippen LogP contribution in [-0.2, 0) is 4.74 Å². The molecule has 1 unspecified atom stereocenters. The van der Waals surface area contributed by atoms with Crippen LogP contribution in [0.1, 0.15) is 36.0 Å². The predicted octanol–water partition coefficient (Wildman–Crippen LogP) is 2.85. The fourth-order valence-electron chi connectivity index (χ4n) is 2.47. The largest absolute Gasteiger partial charge is 0.493 e. The first-order valence-corrected chi connectivity index (χ1v) is 7.24. The number of hydrogen-bond acceptors (Lipinski definition) is 5. The molecular formula is C16H22O5. The molecule has 1 saturated heterocycles. The average molecular weight is 294 g/mol. The van der Waals surface area contributed by atoms with Gasteiger partial charge in [0.25, 0.3) is 0 Å². The van der Waals surface area contributed by atoms with Crippen molar-refractivity contribution in [2.24, 2.45) is 0 Å². The maximum absolute atomic E-state index is 10.9. The molecule has 1 aromatic rings. The molecule has 0 aromatic heterocycles. The Kier molecular flexibility index (Phi) is 5.87. The lowest BCUT2D eigenvalue weighted by Gasteiger charge is -2.15. The molecule has 1 atom stereocenters. The van der Waals surface area contributed by atoms with Crippen LogP contribution in [-0.4, -0.2) is 39.8 Å². The monoisotopic (exact) mass is 294 g/mol. The van der Waals surface area contributed by atoms with Gasteiger partial charge in [-0.2, -0.15) is 0 Å². The highest BCUT2D eigenvalue weighted by molar-refractivity contribution is 5.78. The first kappa shape index (κ1) is 15.6. The van der Waals surface area contributed by atoms with Crippen LogP contribution in [0.5, 0.6) is 17.2 Å². The van der Waals surface area contributed by atoms with E-state index in [1.807, 2.05) is 0 Å². The number of rotatable bonds is 8. The van der Waals surface area contributed by atoms with Gasteiger partial charge in [-0.15, -0.1) is 0 Å². The van der Waals surface area contributed by atoms with Crippen LogP contribution < -0.4 is 14.2 Å². The van der Waals surface area contributed by atoms with Gasteiger partial charge >= 0.3 is 0 Å². The molecule has 0 bridgehead atoms. The van der Waals surface area contributed by atoms with Crippen molar-refractivity contribution in [3.05, 3.63) is 17.7 Å². The minimum atomic E-state index is 0.370. The van der Waals surface area contributed by atoms with Gasteiger partial charge < -0.3 is 18.9 Å². The first-order chi connectivity index (χ1) is 10.3. The van der Waals surface area contributed by atoms with E-state index in [-0.39, 0.29) is 0 Å². The van der Waals surface area contributed by atoms with Crippen LogP contribution >= 0.6 is 0 Å². The van der Waals surface area contributed by atoms with E-state index in [0.717, 1.165) is 38.6 Å². The molecule has 0 aliphatic carbocycles. The minimum Gasteiger partial charge on any atom is -0.493 e. The van der Waals surface area contributed by atoms with Crippen molar-refractivity contribution in [2.45, 2.75) is 31.8 Å². The van der Waals surface area contributed by atoms with Crippen molar-refractivity contribution in [2.75, 3.05) is 27.4 Å². The minimum absolute atomic E-state index is 0.370. The Morgan fingerprint density at radius 2 is 2.00 bits per heavy atom. The van der Waals surface area contributed by atoms with E-state index in [2.05, 4.69) is 0 Å². The van der Waals surface area contributed by atoms with E-state index in [1.165, 1.54) is 0 Å². The highest BCUT2D eigenvalue weighted by Gasteiger charge is 2.16. The molecule has 0 amide bonds. The van der Waals surface area contributed by atoms with E-state index >= 15 is 0 Å². The maximum Gasteiger partial charge on any atom is 0.203 e. The first-order valence-electron chi connectivity index (χ1n) is 7.24. The van der Waals surface area contributed by atoms with Gasteiger partial charge in [-0.25, -0.2) is 0 Å². The van der Waals surface area contributed by atoms with Gasteiger partial charge in [-0.1, -0.05) is 0 Å². The van der Waals surface area contributed by atoms with E-state index in [1.54, 1.807) is 26.4 Å². The Morgan fingerprint density at radius 3 is 2.52 bits per heavy atom. The fourth-order valence-corrected chi connectivity index (χ4v) is 2.47. The molecule has 1 aliphatic rings. The van der Waals surface area contributed by atoms with Gasteiger partial charge in [0, 0.05) is 12.2 Å². The summed E-state index contributed by atoms with van der Waals surface area (Å²) in [5, 5.41) is 0. The predicted molar refractivity (Wildman–Crippen MR) is 78.6 cm³/mol. The molecule has 0 spiro atoms. The third kappa shape index (κ3) is 4.11. The average Bonchev–Trinajstić information content (AvgIpc) is 3.04. The molecule has 0 saturated carbocycles. The summed E-state index contributed by atoms with van der Waals surface area (Å²) in [5.41, 5.74) is 0.496. The summed E-state index contributed by atoms with van der Waals surface area (Å²) in [6.45, 7) is 1.44. The van der Waals surface area contributed by atoms with Crippen LogP contribution in [0.15, 0.2) is 12.1 Å². The van der Waals surface area contributed by atoms with Crippen molar-refractivity contribution >= 4 is 6.29 Å². The van der Waals surface area contributed by atoms with E-state index in [4.69, 9.17) is 18.9 Å². The summed E-state index contributed by atoms with van der Waals surface area (Å²) in [4.78, 5) is 10.9. The second-order valence-corrected chi connectivity index (χ2v) is 5.00. The van der Waals surface area contributed by atoms with Crippen molar-refractivity contribution in [1.29, 1.82) is 0 Å². The Labute approximate surface area is 125 Å². The van der Waals surface area contributed by atoms with Crippen LogP contribution in [0.3, 0.4) is 0 Å². The van der Waals surface area contributed by atoms with Crippen LogP contribution in [0.2, 0.25) is 0 Å². The van der Waals surface area contributed by atoms with Gasteiger partial charge in [-0.3, -0.25) is 4.79 Å². The zero-order valence-corrected chi connectivity index (χ0v) is 12.6. The molecule has 1 aliphatic heterocycles. The summed E-state index contributed by atoms with van der Waals surface area (Å²) >= 11 is 0. The van der Waals surface area contributed by atoms with Crippen molar-refractivity contribution in [3.63, 3.8) is 0 Å². The van der Waals surface area contributed by atoms with Gasteiger partial charge in [0.1, 0.15) is 6.29 Å². The number of carbonyl (C=O) groups excluding carboxylic acids is 1. The second kappa shape index (κ2) is 7.88. The highest BCUT2D eigenvalue weighted by Crippen LogP contribution is 2.38. The summed E-state index contributed by atoms with van der Waals surface area (Å²) in [6, 6.07) is 3.29. The molecular weight excluding hydrogens is 272 g/mol. The zero-order chi connectivity index (χ0) is 15.1. The molecule has 2 rings (SSSR count). The van der Waals surface area contributed by atoms with Crippen LogP contribution in [0.25, 0.3) is 0 Å². The molecule has 21 heavy (non-hydrogen) atoms. The van der Waals surface area contributed by atoms with Gasteiger partial charge in [0.15, 0.2) is 11.5 Å². The third-order valence-corrected chi connectivity index (χ3v) is 3.56. The molecule has 5 nitrogen and oxygen atoms in total. The molecule has 0 radical (unpaired) electrons. The number of benzene rings is 1. The third-order valence-electron chi connectivity index (χ3n) is 3.56. The number of carbonyl (C=O) groups is 1. The number of hydrogen-bond donors (Lipinski definition) is 0. The van der Waals surface area contributed by atoms with Gasteiger partial charge in [0.2, 0.25) is 5.75 Å². The lowest BCUT2D eigenvalue weighted by molar-refractivity contribution is 0.0978. The molecule has 1 heterocycles. The topological polar surface area (TPSA) is 54.0 Å². The molecule has 1 aromatic carbocycles. The SMILES string of the molecule is COc1cc(C=O)cc(OC)c1OCCCC1CCCO1. The Balaban J connectivity index is 1.95. The standard InChI is InChI=1S/C16H22O5/c1-18-14-9-12(11-17)10-15(19-2)16(14)21-8-4-6-13-5-3-7-20-13/h9-11,13H,3-8H2,1-2H3. The second-order valence-electron chi connectivity index (χ2n) is 5.00. The Hall–Kier alpha value is -1.75. The summed E-state index contributed by atoms with van der Waals surface area (Å²) in [6.07, 6.45) is 5.33. The van der Waals surface area contributed by atoms with Gasteiger partial charge in [0.05, 0.1) is 26.9 Å².